The molecule has 1 atom stereocenters. The molecule has 0 aliphatic carbocycles. The monoisotopic (exact) mass is 376 g/mol. The third kappa shape index (κ3) is 3.23. The van der Waals surface area contributed by atoms with E-state index >= 15 is 0 Å². The third-order valence-electron chi connectivity index (χ3n) is 4.62. The van der Waals surface area contributed by atoms with Crippen molar-refractivity contribution in [2.45, 2.75) is 12.5 Å². The maximum absolute atomic E-state index is 12.5. The predicted octanol–water partition coefficient (Wildman–Crippen LogP) is 2.27. The Labute approximate surface area is 159 Å². The van der Waals surface area contributed by atoms with Gasteiger partial charge in [0, 0.05) is 24.2 Å². The third-order valence-corrected chi connectivity index (χ3v) is 4.62. The largest absolute Gasteiger partial charge is 0.360 e. The molecule has 0 radical (unpaired) electrons. The Kier molecular flexibility index (Phi) is 4.36. The van der Waals surface area contributed by atoms with Crippen molar-refractivity contribution in [3.8, 4) is 0 Å². The number of hydrogen-bond donors (Lipinski definition) is 3. The summed E-state index contributed by atoms with van der Waals surface area (Å²) in [6.07, 6.45) is 3.39. The van der Waals surface area contributed by atoms with E-state index in [9.17, 15) is 19.7 Å². The van der Waals surface area contributed by atoms with E-state index in [4.69, 9.17) is 0 Å². The summed E-state index contributed by atoms with van der Waals surface area (Å²) in [5.74, 6) is -0.766. The molecule has 1 aromatic heterocycles. The summed E-state index contributed by atoms with van der Waals surface area (Å²) in [6.45, 7) is 0. The van der Waals surface area contributed by atoms with Crippen molar-refractivity contribution in [2.75, 3.05) is 0 Å². The molecule has 2 heterocycles. The highest BCUT2D eigenvalue weighted by atomic mass is 16.6. The molecule has 8 heteroatoms. The highest BCUT2D eigenvalue weighted by Gasteiger charge is 2.30. The first kappa shape index (κ1) is 17.5. The average molecular weight is 376 g/mol. The minimum absolute atomic E-state index is 0.0494. The second-order valence-corrected chi connectivity index (χ2v) is 6.46. The number of aromatic amines is 1. The molecule has 140 valence electrons. The summed E-state index contributed by atoms with van der Waals surface area (Å²) in [7, 11) is 0. The number of H-pyrrole nitrogens is 1. The first-order valence-corrected chi connectivity index (χ1v) is 8.65. The van der Waals surface area contributed by atoms with Crippen LogP contribution in [0.3, 0.4) is 0 Å². The van der Waals surface area contributed by atoms with Gasteiger partial charge in [-0.2, -0.15) is 0 Å². The zero-order valence-electron chi connectivity index (χ0n) is 14.6. The van der Waals surface area contributed by atoms with E-state index in [-0.39, 0.29) is 17.3 Å². The summed E-state index contributed by atoms with van der Waals surface area (Å²) in [4.78, 5) is 38.7. The Hall–Kier alpha value is -3.94. The number of non-ortho nitro benzene ring substituents is 1. The fraction of sp³-hybridized carbons (Fsp3) is 0.100. The zero-order valence-corrected chi connectivity index (χ0v) is 14.6. The van der Waals surface area contributed by atoms with Crippen LogP contribution in [-0.4, -0.2) is 27.8 Å². The van der Waals surface area contributed by atoms with Crippen LogP contribution in [0.15, 0.2) is 60.4 Å². The Morgan fingerprint density at radius 3 is 2.61 bits per heavy atom. The number of fused-ring (bicyclic) bond motifs is 1. The number of nitro groups is 1. The summed E-state index contributed by atoms with van der Waals surface area (Å²) in [5.41, 5.74) is 1.94. The number of nitrogens with zero attached hydrogens (tertiary/aromatic N) is 1. The minimum atomic E-state index is -0.677. The number of aromatic nitrogens is 1. The predicted molar refractivity (Wildman–Crippen MR) is 103 cm³/mol. The Balaban J connectivity index is 1.62. The molecule has 0 saturated carbocycles. The molecule has 28 heavy (non-hydrogen) atoms. The first-order chi connectivity index (χ1) is 13.5. The molecule has 1 aliphatic heterocycles. The molecule has 8 nitrogen and oxygen atoms in total. The van der Waals surface area contributed by atoms with Gasteiger partial charge in [0.2, 0.25) is 5.91 Å². The number of nitrogens with one attached hydrogen (secondary N) is 3. The SMILES string of the molecule is O=C1NC(Cc2ccccc2)C(=O)N/C1=C\c1c[nH]c2cccc([N+](=O)[O-])c12. The van der Waals surface area contributed by atoms with Gasteiger partial charge in [0.25, 0.3) is 11.6 Å². The summed E-state index contributed by atoms with van der Waals surface area (Å²) < 4.78 is 0. The van der Waals surface area contributed by atoms with Crippen LogP contribution < -0.4 is 10.6 Å². The van der Waals surface area contributed by atoms with Gasteiger partial charge in [-0.3, -0.25) is 19.7 Å². The van der Waals surface area contributed by atoms with Crippen molar-refractivity contribution in [1.29, 1.82) is 0 Å². The fourth-order valence-electron chi connectivity index (χ4n) is 3.29. The zero-order chi connectivity index (χ0) is 19.7. The lowest BCUT2D eigenvalue weighted by Gasteiger charge is -2.25. The fourth-order valence-corrected chi connectivity index (χ4v) is 3.29. The van der Waals surface area contributed by atoms with Gasteiger partial charge in [-0.15, -0.1) is 0 Å². The second-order valence-electron chi connectivity index (χ2n) is 6.46. The van der Waals surface area contributed by atoms with Crippen LogP contribution in [-0.2, 0) is 16.0 Å². The molecule has 1 saturated heterocycles. The van der Waals surface area contributed by atoms with Crippen molar-refractivity contribution in [3.63, 3.8) is 0 Å². The topological polar surface area (TPSA) is 117 Å². The van der Waals surface area contributed by atoms with Gasteiger partial charge >= 0.3 is 0 Å². The molecule has 1 fully saturated rings. The number of amides is 2. The van der Waals surface area contributed by atoms with Crippen LogP contribution >= 0.6 is 0 Å². The molecule has 0 spiro atoms. The molecular formula is C20H16N4O4. The normalized spacial score (nSPS) is 18.1. The number of carbonyl (C=O) groups excluding carboxylic acids is 2. The standard InChI is InChI=1S/C20H16N4O4/c25-19-15(9-12-5-2-1-3-6-12)22-20(26)16(23-19)10-13-11-21-14-7-4-8-17(18(13)14)24(27)28/h1-8,10-11,15,21H,9H2,(H,22,26)(H,23,25)/b16-10-. The maximum atomic E-state index is 12.5. The van der Waals surface area contributed by atoms with Gasteiger partial charge in [0.05, 0.1) is 15.8 Å². The quantitative estimate of drug-likeness (QED) is 0.368. The maximum Gasteiger partial charge on any atom is 0.279 e. The van der Waals surface area contributed by atoms with Gasteiger partial charge in [-0.05, 0) is 17.7 Å². The molecule has 3 aromatic rings. The smallest absolute Gasteiger partial charge is 0.279 e. The lowest BCUT2D eigenvalue weighted by Crippen LogP contribution is -2.55. The second kappa shape index (κ2) is 6.99. The van der Waals surface area contributed by atoms with Gasteiger partial charge in [0.1, 0.15) is 11.7 Å². The van der Waals surface area contributed by atoms with Crippen LogP contribution in [0.5, 0.6) is 0 Å². The summed E-state index contributed by atoms with van der Waals surface area (Å²) in [5, 5.41) is 17.0. The van der Waals surface area contributed by atoms with E-state index < -0.39 is 16.9 Å². The van der Waals surface area contributed by atoms with Crippen LogP contribution in [0, 0.1) is 10.1 Å². The Morgan fingerprint density at radius 1 is 1.07 bits per heavy atom. The molecule has 3 N–H and O–H groups in total. The number of nitro benzene ring substituents is 1. The van der Waals surface area contributed by atoms with Crippen molar-refractivity contribution in [3.05, 3.63) is 81.7 Å². The first-order valence-electron chi connectivity index (χ1n) is 8.65. The molecule has 4 rings (SSSR count). The number of rotatable bonds is 4. The Morgan fingerprint density at radius 2 is 1.86 bits per heavy atom. The van der Waals surface area contributed by atoms with Crippen molar-refractivity contribution >= 4 is 34.5 Å². The van der Waals surface area contributed by atoms with E-state index in [1.807, 2.05) is 30.3 Å². The van der Waals surface area contributed by atoms with Gasteiger partial charge in [-0.25, -0.2) is 0 Å². The molecule has 2 amide bonds. The highest BCUT2D eigenvalue weighted by molar-refractivity contribution is 6.09. The number of carbonyl (C=O) groups is 2. The summed E-state index contributed by atoms with van der Waals surface area (Å²) >= 11 is 0. The van der Waals surface area contributed by atoms with Crippen LogP contribution in [0.2, 0.25) is 0 Å². The Bertz CT molecular complexity index is 1120. The molecule has 2 aromatic carbocycles. The number of piperazine rings is 1. The molecule has 0 bridgehead atoms. The van der Waals surface area contributed by atoms with Crippen molar-refractivity contribution in [2.24, 2.45) is 0 Å². The van der Waals surface area contributed by atoms with E-state index in [1.165, 1.54) is 12.1 Å². The van der Waals surface area contributed by atoms with Crippen molar-refractivity contribution in [1.82, 2.24) is 15.6 Å². The van der Waals surface area contributed by atoms with Crippen molar-refractivity contribution < 1.29 is 14.5 Å². The number of hydrogen-bond acceptors (Lipinski definition) is 4. The van der Waals surface area contributed by atoms with E-state index in [1.54, 1.807) is 18.3 Å². The lowest BCUT2D eigenvalue weighted by molar-refractivity contribution is -0.383. The van der Waals surface area contributed by atoms with Crippen LogP contribution in [0.1, 0.15) is 11.1 Å². The lowest BCUT2D eigenvalue weighted by atomic mass is 10.0. The molecular weight excluding hydrogens is 360 g/mol. The van der Waals surface area contributed by atoms with E-state index in [2.05, 4.69) is 15.6 Å². The summed E-state index contributed by atoms with van der Waals surface area (Å²) in [6, 6.07) is 13.4. The average Bonchev–Trinajstić information content (AvgIpc) is 3.09. The van der Waals surface area contributed by atoms with Crippen LogP contribution in [0.4, 0.5) is 5.69 Å². The van der Waals surface area contributed by atoms with Gasteiger partial charge < -0.3 is 15.6 Å². The number of benzene rings is 2. The van der Waals surface area contributed by atoms with Crippen LogP contribution in [0.25, 0.3) is 17.0 Å². The van der Waals surface area contributed by atoms with E-state index in [0.717, 1.165) is 5.56 Å². The highest BCUT2D eigenvalue weighted by Crippen LogP contribution is 2.29. The molecule has 1 aliphatic rings. The van der Waals surface area contributed by atoms with Gasteiger partial charge in [-0.1, -0.05) is 36.4 Å². The molecule has 1 unspecified atom stereocenters. The minimum Gasteiger partial charge on any atom is -0.360 e. The van der Waals surface area contributed by atoms with Gasteiger partial charge in [0.15, 0.2) is 0 Å². The van der Waals surface area contributed by atoms with E-state index in [0.29, 0.717) is 22.9 Å².